The van der Waals surface area contributed by atoms with Gasteiger partial charge in [0.15, 0.2) is 11.5 Å². The monoisotopic (exact) mass is 2060 g/mol. The number of amidine groups is 1. The third-order valence-electron chi connectivity index (χ3n) is 26.6. The molecule has 12 aromatic rings. The van der Waals surface area contributed by atoms with Crippen LogP contribution >= 0.6 is 12.4 Å². The van der Waals surface area contributed by atoms with E-state index in [0.717, 1.165) is 162 Å². The number of anilines is 3. The number of carbonyl (C=O) groups is 5. The van der Waals surface area contributed by atoms with Crippen molar-refractivity contribution in [3.8, 4) is 80.5 Å². The first-order valence-corrected chi connectivity index (χ1v) is 51.8. The zero-order chi connectivity index (χ0) is 105. The number of ether oxygens (including phenoxy) is 9. The van der Waals surface area contributed by atoms with Gasteiger partial charge >= 0.3 is 12.2 Å². The number of oxime groups is 1. The molecule has 29 nitrogen and oxygen atoms in total. The molecule has 10 aromatic carbocycles. The normalized spacial score (nSPS) is 15.5. The Morgan fingerprint density at radius 3 is 1.30 bits per heavy atom. The van der Waals surface area contributed by atoms with Gasteiger partial charge in [-0.15, -0.1) is 12.4 Å². The molecule has 7 aliphatic carbocycles. The fourth-order valence-corrected chi connectivity index (χ4v) is 19.0. The Hall–Kier alpha value is -15.1. The quantitative estimate of drug-likeness (QED) is 0.00987. The molecule has 31 heteroatoms. The second kappa shape index (κ2) is 56.3. The lowest BCUT2D eigenvalue weighted by Gasteiger charge is -2.24. The molecule has 0 bridgehead atoms. The van der Waals surface area contributed by atoms with Gasteiger partial charge in [0.05, 0.1) is 60.1 Å². The summed E-state index contributed by atoms with van der Waals surface area (Å²) in [4.78, 5) is 70.4. The van der Waals surface area contributed by atoms with Gasteiger partial charge in [-0.25, -0.2) is 18.8 Å². The Kier molecular flexibility index (Phi) is 42.1. The number of amides is 2. The van der Waals surface area contributed by atoms with Crippen LogP contribution in [-0.2, 0) is 91.5 Å². The zero-order valence-corrected chi connectivity index (χ0v) is 87.0. The van der Waals surface area contributed by atoms with Crippen LogP contribution in [0.15, 0.2) is 227 Å². The first-order chi connectivity index (χ1) is 72.3. The minimum atomic E-state index is -0.513. The number of nitrogens with zero attached hydrogens (tertiary/aromatic N) is 9. The van der Waals surface area contributed by atoms with E-state index < -0.39 is 11.2 Å². The Morgan fingerprint density at radius 2 is 0.867 bits per heavy atom. The molecule has 2 aromatic heterocycles. The van der Waals surface area contributed by atoms with E-state index in [9.17, 15) is 28.4 Å². The highest BCUT2D eigenvalue weighted by Gasteiger charge is 2.33. The van der Waals surface area contributed by atoms with Crippen LogP contribution in [0.4, 0.5) is 36.7 Å². The molecule has 5 fully saturated rings. The Bertz CT molecular complexity index is 6310. The summed E-state index contributed by atoms with van der Waals surface area (Å²) in [5, 5.41) is 40.1. The first-order valence-electron chi connectivity index (χ1n) is 51.8. The summed E-state index contributed by atoms with van der Waals surface area (Å²) in [5.41, 5.74) is 24.1. The van der Waals surface area contributed by atoms with Crippen LogP contribution in [0.3, 0.4) is 0 Å². The van der Waals surface area contributed by atoms with Gasteiger partial charge in [0.2, 0.25) is 11.6 Å². The number of nitriles is 1. The summed E-state index contributed by atoms with van der Waals surface area (Å²) in [7, 11) is 0. The summed E-state index contributed by atoms with van der Waals surface area (Å²) >= 11 is 0. The number of halogens is 2. The number of hydrogen-bond acceptors (Lipinski definition) is 25. The van der Waals surface area contributed by atoms with Crippen LogP contribution < -0.4 is 44.5 Å². The van der Waals surface area contributed by atoms with Gasteiger partial charge in [-0.05, 0) is 429 Å². The van der Waals surface area contributed by atoms with Crippen molar-refractivity contribution in [3.05, 3.63) is 291 Å². The van der Waals surface area contributed by atoms with Crippen molar-refractivity contribution < 1.29 is 90.4 Å². The number of nitrogens with one attached hydrogen (secondary N) is 1. The number of aryl methyl sites for hydroxylation is 4. The Balaban J connectivity index is 0.000000144. The van der Waals surface area contributed by atoms with E-state index >= 15 is 0 Å². The van der Waals surface area contributed by atoms with E-state index in [-0.39, 0.29) is 49.0 Å². The number of rotatable bonds is 21. The molecule has 0 saturated heterocycles. The predicted molar refractivity (Wildman–Crippen MR) is 575 cm³/mol. The molecule has 0 radical (unpaired) electrons. The first kappa shape index (κ1) is 112. The lowest BCUT2D eigenvalue weighted by molar-refractivity contribution is -0.130. The van der Waals surface area contributed by atoms with E-state index in [1.165, 1.54) is 167 Å². The average molecular weight is 2060 g/mol. The topological polar surface area (TPSA) is 372 Å². The van der Waals surface area contributed by atoms with Crippen molar-refractivity contribution in [1.29, 1.82) is 5.26 Å². The Morgan fingerprint density at radius 1 is 0.473 bits per heavy atom. The van der Waals surface area contributed by atoms with Crippen LogP contribution in [0.2, 0.25) is 0 Å². The maximum Gasteiger partial charge on any atom is 0.414 e. The van der Waals surface area contributed by atoms with Gasteiger partial charge in [0.1, 0.15) is 59.0 Å². The highest BCUT2D eigenvalue weighted by Crippen LogP contribution is 2.39. The number of benzene rings is 10. The second-order valence-electron chi connectivity index (χ2n) is 40.1. The van der Waals surface area contributed by atoms with Gasteiger partial charge in [-0.1, -0.05) is 76.8 Å². The van der Waals surface area contributed by atoms with Gasteiger partial charge in [-0.3, -0.25) is 24.2 Å². The van der Waals surface area contributed by atoms with E-state index in [4.69, 9.17) is 79.6 Å². The van der Waals surface area contributed by atoms with Crippen molar-refractivity contribution in [2.45, 2.75) is 283 Å². The summed E-state index contributed by atoms with van der Waals surface area (Å²) in [6.45, 7) is 22.0. The van der Waals surface area contributed by atoms with Crippen LogP contribution in [0.25, 0.3) is 50.5 Å². The average Bonchev–Trinajstić information content (AvgIpc) is 1.65. The fraction of sp³-hybridized carbons (Fsp3) is 0.395. The molecule has 788 valence electrons. The van der Waals surface area contributed by atoms with Gasteiger partial charge in [0.25, 0.3) is 31.2 Å². The summed E-state index contributed by atoms with van der Waals surface area (Å²) < 4.78 is 71.7. The molecule has 10 aliphatic rings. The van der Waals surface area contributed by atoms with Crippen molar-refractivity contribution in [2.75, 3.05) is 34.8 Å². The van der Waals surface area contributed by atoms with Gasteiger partial charge in [0, 0.05) is 53.1 Å². The lowest BCUT2D eigenvalue weighted by atomic mass is 10.1. The van der Waals surface area contributed by atoms with E-state index in [0.29, 0.717) is 110 Å². The third kappa shape index (κ3) is 34.2. The van der Waals surface area contributed by atoms with Crippen LogP contribution in [0.1, 0.15) is 244 Å². The fourth-order valence-electron chi connectivity index (χ4n) is 19.0. The largest absolute Gasteiger partial charge is 0.491 e. The second-order valence-corrected chi connectivity index (χ2v) is 40.1. The number of hydrogen-bond donors (Lipinski definition) is 4. The number of aliphatic hydroxyl groups excluding tert-OH is 1. The molecule has 0 atom stereocenters. The standard InChI is InChI=1S/C22H22N2O2.C21H21N3O2.C15H19NO4.C14H17NO4.C12H16N2O2.C12H13NO.C11H12O2.C7H4FN.C5H10O.ClH/c1-2-7-19(6-1)25-20-12-10-16(11-13-20)21-23-22(26-24-21)18-9-8-15-4-3-5-17(15)14-18;1-2-4-17(3-1)25-18-8-5-14(6-9-18)20-23-21(26-24-20)16-7-10-19-15(13-16)11-12-22-19;1-15(2,3)20-14(18)16-7-6-12-8-11(9-19-10-17)4-5-13(12)16;1-14(2,3)19-13(17)15-7-6-10-8-11(18-9-16)4-5-12(10)15;13-12(14-15)9-5-7-11(8-6-9)16-10-3-1-2-4-10;1-13-10-6-8-12(9-7-10)14-11-4-2-3-5-11;12-8-13-7-9-4-5-10-2-1-3-11(10)6-9;8-7-3-1-6(5-9)2-4-7;6-5-3-1-2-4-5;/h8-14,19H,1-7H2;5-10,13,17,22H,1-4,11-12H2;4-5,8,10H,6-7,9H2,1-3H3;4-5,8-9H,6-7H2,1-3H3;5-8,10,15H,1-4H2,(H2,13,14);6-9,11H,2-5H2;4-6,8H,1-3,7H2;1-4H;5-6H,1-4H2;1H. The summed E-state index contributed by atoms with van der Waals surface area (Å²) in [6.07, 6.45) is 34.6. The molecular weight excluding hydrogens is 1930 g/mol. The van der Waals surface area contributed by atoms with Crippen LogP contribution in [-0.4, -0.2) is 129 Å². The number of nitrogens with two attached hydrogens (primary N) is 1. The van der Waals surface area contributed by atoms with Crippen molar-refractivity contribution in [3.63, 3.8) is 0 Å². The zero-order valence-electron chi connectivity index (χ0n) is 86.2. The van der Waals surface area contributed by atoms with E-state index in [2.05, 4.69) is 78.1 Å². The third-order valence-corrected chi connectivity index (χ3v) is 26.6. The van der Waals surface area contributed by atoms with Gasteiger partial charge < -0.3 is 73.0 Å². The van der Waals surface area contributed by atoms with E-state index in [1.807, 2.05) is 151 Å². The number of fused-ring (bicyclic) bond motifs is 5. The molecule has 5 N–H and O–H groups in total. The molecule has 2 amide bonds. The number of aromatic nitrogens is 4. The van der Waals surface area contributed by atoms with Gasteiger partial charge in [-0.2, -0.15) is 15.2 Å². The molecule has 3 aliphatic heterocycles. The minimum absolute atomic E-state index is 0. The molecule has 150 heavy (non-hydrogen) atoms. The molecular formula is C119H135ClFN11O18. The highest BCUT2D eigenvalue weighted by atomic mass is 35.5. The minimum Gasteiger partial charge on any atom is -0.491 e. The maximum atomic E-state index is 12.1. The van der Waals surface area contributed by atoms with Crippen molar-refractivity contribution >= 4 is 72.6 Å². The molecule has 22 rings (SSSR count). The summed E-state index contributed by atoms with van der Waals surface area (Å²) in [5.74, 6) is 6.23. The molecule has 0 unspecified atom stereocenters. The molecule has 5 saturated carbocycles. The smallest absolute Gasteiger partial charge is 0.414 e. The highest BCUT2D eigenvalue weighted by molar-refractivity contribution is 5.97. The maximum absolute atomic E-state index is 12.1. The number of aliphatic hydroxyl groups is 1. The van der Waals surface area contributed by atoms with Crippen molar-refractivity contribution in [2.24, 2.45) is 10.9 Å². The van der Waals surface area contributed by atoms with Crippen LogP contribution in [0.5, 0.6) is 28.7 Å². The molecule has 5 heterocycles. The SMILES string of the molecule is CC(C)(C)OC(=O)N1CCc2cc(COC=O)ccc21.CC(C)(C)OC(=O)N1CCc2cc(OC=O)ccc21.Cl.N#Cc1ccc(F)cc1.N/C(=N\O)c1ccc(OC2CCCC2)cc1.O=COCc1ccc2c(c1)CCC2.OC1CCCC1.[C-]#[N+]c1ccc(OC2CCCC2)cc1.c1cc(-c2noc(-c3ccc4c(c3)CCC4)n2)ccc1OC1CCCC1.c1cc(-c2noc(-c3ccc4c(c3)CCN4)n2)ccc1OC1CCCC1. The molecule has 0 spiro atoms. The number of carbonyl (C=O) groups excluding carboxylic acids is 5. The predicted octanol–water partition coefficient (Wildman–Crippen LogP) is 25.6. The Labute approximate surface area is 882 Å². The van der Waals surface area contributed by atoms with E-state index in [1.54, 1.807) is 52.3 Å². The van der Waals surface area contributed by atoms with Crippen LogP contribution in [0, 0.1) is 23.7 Å². The lowest BCUT2D eigenvalue weighted by Crippen LogP contribution is -2.35. The van der Waals surface area contributed by atoms with Crippen molar-refractivity contribution in [1.82, 2.24) is 20.3 Å². The summed E-state index contributed by atoms with van der Waals surface area (Å²) in [6, 6.07) is 67.8.